The Labute approximate surface area is 139 Å². The molecule has 1 heterocycles. The molecule has 0 atom stereocenters. The third kappa shape index (κ3) is 3.98. The molecule has 0 unspecified atom stereocenters. The molecule has 0 saturated carbocycles. The molecule has 1 aromatic heterocycles. The standard InChI is InChI=1S/C20H26N2O/c1-6-8-15-9-7-10-16(11-15)17-12-18(22(4)5)19(21-13-17)20(23)14(2)3/h7,9-14H,6,8H2,1-5H3. The van der Waals surface area contributed by atoms with Crippen LogP contribution >= 0.6 is 0 Å². The molecule has 2 rings (SSSR count). The Balaban J connectivity index is 2.47. The molecule has 0 bridgehead atoms. The highest BCUT2D eigenvalue weighted by molar-refractivity contribution is 6.01. The van der Waals surface area contributed by atoms with E-state index in [9.17, 15) is 4.79 Å². The lowest BCUT2D eigenvalue weighted by Crippen LogP contribution is -2.18. The first-order valence-corrected chi connectivity index (χ1v) is 8.25. The minimum atomic E-state index is -0.0556. The monoisotopic (exact) mass is 310 g/mol. The minimum Gasteiger partial charge on any atom is -0.376 e. The maximum atomic E-state index is 12.4. The van der Waals surface area contributed by atoms with E-state index >= 15 is 0 Å². The molecule has 0 aliphatic rings. The van der Waals surface area contributed by atoms with Crippen LogP contribution in [0.15, 0.2) is 36.5 Å². The van der Waals surface area contributed by atoms with Gasteiger partial charge in [-0.15, -0.1) is 0 Å². The first kappa shape index (κ1) is 17.2. The number of ketones is 1. The number of aryl methyl sites for hydroxylation is 1. The maximum Gasteiger partial charge on any atom is 0.185 e. The summed E-state index contributed by atoms with van der Waals surface area (Å²) in [6, 6.07) is 10.6. The molecule has 0 saturated heterocycles. The molecule has 122 valence electrons. The Bertz CT molecular complexity index is 690. The second-order valence-corrected chi connectivity index (χ2v) is 6.46. The molecule has 23 heavy (non-hydrogen) atoms. The molecule has 0 aliphatic heterocycles. The Morgan fingerprint density at radius 3 is 2.52 bits per heavy atom. The van der Waals surface area contributed by atoms with Crippen molar-refractivity contribution in [3.8, 4) is 11.1 Å². The van der Waals surface area contributed by atoms with Crippen LogP contribution in [0.5, 0.6) is 0 Å². The third-order valence-electron chi connectivity index (χ3n) is 3.91. The molecule has 3 nitrogen and oxygen atoms in total. The summed E-state index contributed by atoms with van der Waals surface area (Å²) in [6.45, 7) is 6.00. The Hall–Kier alpha value is -2.16. The lowest BCUT2D eigenvalue weighted by atomic mass is 9.99. The number of hydrogen-bond donors (Lipinski definition) is 0. The SMILES string of the molecule is CCCc1cccc(-c2cnc(C(=O)C(C)C)c(N(C)C)c2)c1. The van der Waals surface area contributed by atoms with Gasteiger partial charge in [-0.25, -0.2) is 0 Å². The summed E-state index contributed by atoms with van der Waals surface area (Å²) in [5, 5.41) is 0. The number of carbonyl (C=O) groups excluding carboxylic acids is 1. The van der Waals surface area contributed by atoms with E-state index in [1.54, 1.807) is 0 Å². The summed E-state index contributed by atoms with van der Waals surface area (Å²) in [6.07, 6.45) is 4.02. The van der Waals surface area contributed by atoms with E-state index in [0.29, 0.717) is 5.69 Å². The fourth-order valence-corrected chi connectivity index (χ4v) is 2.61. The highest BCUT2D eigenvalue weighted by atomic mass is 16.1. The van der Waals surface area contributed by atoms with Crippen molar-refractivity contribution in [1.29, 1.82) is 0 Å². The van der Waals surface area contributed by atoms with E-state index in [1.165, 1.54) is 5.56 Å². The topological polar surface area (TPSA) is 33.2 Å². The van der Waals surface area contributed by atoms with Crippen LogP contribution in [0, 0.1) is 5.92 Å². The lowest BCUT2D eigenvalue weighted by molar-refractivity contribution is 0.0935. The van der Waals surface area contributed by atoms with E-state index in [2.05, 4.69) is 42.2 Å². The summed E-state index contributed by atoms with van der Waals surface area (Å²) in [5.41, 5.74) is 4.96. The Kier molecular flexibility index (Phi) is 5.54. The highest BCUT2D eigenvalue weighted by Gasteiger charge is 2.18. The van der Waals surface area contributed by atoms with Crippen molar-refractivity contribution >= 4 is 11.5 Å². The van der Waals surface area contributed by atoms with Crippen molar-refractivity contribution in [3.63, 3.8) is 0 Å². The molecule has 0 N–H and O–H groups in total. The summed E-state index contributed by atoms with van der Waals surface area (Å²) in [7, 11) is 3.90. The van der Waals surface area contributed by atoms with Gasteiger partial charge in [0.2, 0.25) is 0 Å². The quantitative estimate of drug-likeness (QED) is 0.731. The number of carbonyl (C=O) groups is 1. The summed E-state index contributed by atoms with van der Waals surface area (Å²) >= 11 is 0. The van der Waals surface area contributed by atoms with Crippen LogP contribution in [0.4, 0.5) is 5.69 Å². The second kappa shape index (κ2) is 7.40. The number of hydrogen-bond acceptors (Lipinski definition) is 3. The first-order chi connectivity index (χ1) is 10.9. The fraction of sp³-hybridized carbons (Fsp3) is 0.400. The van der Waals surface area contributed by atoms with Crippen molar-refractivity contribution in [3.05, 3.63) is 47.8 Å². The van der Waals surface area contributed by atoms with Crippen LogP contribution in [0.2, 0.25) is 0 Å². The number of anilines is 1. The minimum absolute atomic E-state index is 0.0556. The number of aromatic nitrogens is 1. The lowest BCUT2D eigenvalue weighted by Gasteiger charge is -2.18. The second-order valence-electron chi connectivity index (χ2n) is 6.46. The molecular formula is C20H26N2O. The molecule has 3 heteroatoms. The van der Waals surface area contributed by atoms with Gasteiger partial charge in [-0.1, -0.05) is 51.5 Å². The van der Waals surface area contributed by atoms with Gasteiger partial charge in [0.05, 0.1) is 5.69 Å². The van der Waals surface area contributed by atoms with Crippen LogP contribution in [0.25, 0.3) is 11.1 Å². The van der Waals surface area contributed by atoms with Crippen molar-refractivity contribution in [2.45, 2.75) is 33.6 Å². The zero-order valence-electron chi connectivity index (χ0n) is 14.8. The smallest absolute Gasteiger partial charge is 0.185 e. The third-order valence-corrected chi connectivity index (χ3v) is 3.91. The average Bonchev–Trinajstić information content (AvgIpc) is 2.54. The number of nitrogens with zero attached hydrogens (tertiary/aromatic N) is 2. The summed E-state index contributed by atoms with van der Waals surface area (Å²) in [4.78, 5) is 18.8. The molecule has 0 fully saturated rings. The van der Waals surface area contributed by atoms with E-state index < -0.39 is 0 Å². The van der Waals surface area contributed by atoms with Crippen LogP contribution in [0.3, 0.4) is 0 Å². The van der Waals surface area contributed by atoms with Crippen molar-refractivity contribution < 1.29 is 4.79 Å². The zero-order chi connectivity index (χ0) is 17.0. The molecule has 2 aromatic rings. The van der Waals surface area contributed by atoms with Gasteiger partial charge in [-0.05, 0) is 23.6 Å². The molecule has 1 aromatic carbocycles. The van der Waals surface area contributed by atoms with E-state index in [1.807, 2.05) is 39.0 Å². The maximum absolute atomic E-state index is 12.4. The predicted molar refractivity (Wildman–Crippen MR) is 97.2 cm³/mol. The number of rotatable bonds is 6. The van der Waals surface area contributed by atoms with Gasteiger partial charge in [0.25, 0.3) is 0 Å². The van der Waals surface area contributed by atoms with Gasteiger partial charge in [-0.2, -0.15) is 0 Å². The number of Topliss-reactive ketones (excluding diaryl/α,β-unsaturated/α-hetero) is 1. The highest BCUT2D eigenvalue weighted by Crippen LogP contribution is 2.27. The molecule has 0 radical (unpaired) electrons. The van der Waals surface area contributed by atoms with E-state index in [4.69, 9.17) is 0 Å². The van der Waals surface area contributed by atoms with E-state index in [-0.39, 0.29) is 11.7 Å². The van der Waals surface area contributed by atoms with Gasteiger partial charge in [0.1, 0.15) is 5.69 Å². The van der Waals surface area contributed by atoms with Crippen molar-refractivity contribution in [1.82, 2.24) is 4.98 Å². The predicted octanol–water partition coefficient (Wildman–Crippen LogP) is 4.61. The summed E-state index contributed by atoms with van der Waals surface area (Å²) in [5.74, 6) is 0.0277. The van der Waals surface area contributed by atoms with Crippen LogP contribution in [0.1, 0.15) is 43.2 Å². The van der Waals surface area contributed by atoms with Gasteiger partial charge >= 0.3 is 0 Å². The Morgan fingerprint density at radius 2 is 1.91 bits per heavy atom. The molecule has 0 aliphatic carbocycles. The van der Waals surface area contributed by atoms with Gasteiger partial charge in [0.15, 0.2) is 5.78 Å². The van der Waals surface area contributed by atoms with Crippen LogP contribution in [-0.4, -0.2) is 24.9 Å². The zero-order valence-corrected chi connectivity index (χ0v) is 14.8. The van der Waals surface area contributed by atoms with Crippen LogP contribution in [-0.2, 0) is 6.42 Å². The van der Waals surface area contributed by atoms with Gasteiger partial charge in [-0.3, -0.25) is 9.78 Å². The van der Waals surface area contributed by atoms with Gasteiger partial charge < -0.3 is 4.90 Å². The molecule has 0 amide bonds. The number of benzene rings is 1. The van der Waals surface area contributed by atoms with Crippen LogP contribution < -0.4 is 4.90 Å². The van der Waals surface area contributed by atoms with Gasteiger partial charge in [0, 0.05) is 31.8 Å². The fourth-order valence-electron chi connectivity index (χ4n) is 2.61. The normalized spacial score (nSPS) is 10.9. The largest absolute Gasteiger partial charge is 0.376 e. The number of pyridine rings is 1. The van der Waals surface area contributed by atoms with Crippen molar-refractivity contribution in [2.24, 2.45) is 5.92 Å². The first-order valence-electron chi connectivity index (χ1n) is 8.25. The van der Waals surface area contributed by atoms with E-state index in [0.717, 1.165) is 29.7 Å². The average molecular weight is 310 g/mol. The summed E-state index contributed by atoms with van der Waals surface area (Å²) < 4.78 is 0. The van der Waals surface area contributed by atoms with Crippen molar-refractivity contribution in [2.75, 3.05) is 19.0 Å². The molecular weight excluding hydrogens is 284 g/mol. The molecule has 0 spiro atoms. The Morgan fingerprint density at radius 1 is 1.17 bits per heavy atom.